The van der Waals surface area contributed by atoms with Gasteiger partial charge in [0.25, 0.3) is 11.8 Å². The second kappa shape index (κ2) is 14.2. The van der Waals surface area contributed by atoms with E-state index in [1.165, 1.54) is 37.6 Å². The van der Waals surface area contributed by atoms with Crippen LogP contribution in [0.5, 0.6) is 0 Å². The van der Waals surface area contributed by atoms with Gasteiger partial charge in [-0.15, -0.1) is 0 Å². The van der Waals surface area contributed by atoms with Gasteiger partial charge < -0.3 is 15.1 Å². The van der Waals surface area contributed by atoms with Gasteiger partial charge in [-0.25, -0.2) is 24.7 Å². The molecule has 7 aromatic rings. The van der Waals surface area contributed by atoms with Crippen molar-refractivity contribution in [1.82, 2.24) is 30.2 Å². The molecule has 0 saturated heterocycles. The van der Waals surface area contributed by atoms with Crippen LogP contribution in [0.1, 0.15) is 46.5 Å². The highest BCUT2D eigenvalue weighted by atomic mass is 16.4. The molecule has 8 rings (SSSR count). The fraction of sp³-hybridized carbons (Fsp3) is 0.158. The highest BCUT2D eigenvalue weighted by Gasteiger charge is 2.21. The number of rotatable bonds is 6. The Morgan fingerprint density at radius 1 is 0.714 bits per heavy atom. The van der Waals surface area contributed by atoms with Crippen LogP contribution in [0.4, 0.5) is 5.82 Å². The third-order valence-electron chi connectivity index (χ3n) is 8.49. The Bertz CT molecular complexity index is 2360. The number of anilines is 1. The molecule has 2 amide bonds. The van der Waals surface area contributed by atoms with Crippen LogP contribution in [-0.4, -0.2) is 43.3 Å². The molecule has 11 heteroatoms. The SMILES string of the molecule is O=C(NCC1CCCC1)c1nccnc1NC(=O)c1cccc2ccccc12.O=c1oc(-c2cccc3ccccc23)nc2nccnc12. The van der Waals surface area contributed by atoms with Crippen LogP contribution in [-0.2, 0) is 0 Å². The molecular formula is C38H31N7O4. The lowest BCUT2D eigenvalue weighted by atomic mass is 10.0. The van der Waals surface area contributed by atoms with Gasteiger partial charge >= 0.3 is 5.63 Å². The fourth-order valence-corrected chi connectivity index (χ4v) is 6.07. The Kier molecular flexibility index (Phi) is 9.04. The Morgan fingerprint density at radius 2 is 1.37 bits per heavy atom. The van der Waals surface area contributed by atoms with E-state index in [4.69, 9.17) is 4.42 Å². The molecule has 0 spiro atoms. The van der Waals surface area contributed by atoms with Gasteiger partial charge in [-0.1, -0.05) is 85.6 Å². The molecule has 0 unspecified atom stereocenters. The Morgan fingerprint density at radius 3 is 2.18 bits per heavy atom. The summed E-state index contributed by atoms with van der Waals surface area (Å²) in [6.45, 7) is 0.631. The largest absolute Gasteiger partial charge is 0.402 e. The summed E-state index contributed by atoms with van der Waals surface area (Å²) in [6, 6.07) is 26.9. The first kappa shape index (κ1) is 31.3. The third kappa shape index (κ3) is 6.86. The molecule has 2 N–H and O–H groups in total. The monoisotopic (exact) mass is 649 g/mol. The van der Waals surface area contributed by atoms with Crippen LogP contribution in [0, 0.1) is 5.92 Å². The summed E-state index contributed by atoms with van der Waals surface area (Å²) in [5.41, 5.74) is 1.32. The molecule has 11 nitrogen and oxygen atoms in total. The molecule has 4 aromatic carbocycles. The predicted molar refractivity (Wildman–Crippen MR) is 187 cm³/mol. The van der Waals surface area contributed by atoms with E-state index in [0.29, 0.717) is 18.0 Å². The number of amides is 2. The lowest BCUT2D eigenvalue weighted by molar-refractivity contribution is 0.0943. The van der Waals surface area contributed by atoms with Gasteiger partial charge in [0.05, 0.1) is 0 Å². The summed E-state index contributed by atoms with van der Waals surface area (Å²) in [5, 5.41) is 9.53. The molecule has 1 fully saturated rings. The topological polar surface area (TPSA) is 153 Å². The lowest BCUT2D eigenvalue weighted by Gasteiger charge is -2.13. The summed E-state index contributed by atoms with van der Waals surface area (Å²) in [4.78, 5) is 58.1. The molecule has 0 atom stereocenters. The van der Waals surface area contributed by atoms with Crippen LogP contribution in [0.25, 0.3) is 44.2 Å². The van der Waals surface area contributed by atoms with Crippen LogP contribution in [0.15, 0.2) is 119 Å². The van der Waals surface area contributed by atoms with Crippen molar-refractivity contribution in [3.05, 3.63) is 131 Å². The number of hydrogen-bond acceptors (Lipinski definition) is 9. The zero-order valence-electron chi connectivity index (χ0n) is 26.4. The van der Waals surface area contributed by atoms with Crippen molar-refractivity contribution in [3.63, 3.8) is 0 Å². The molecule has 1 aliphatic carbocycles. The maximum absolute atomic E-state index is 12.9. The number of fused-ring (bicyclic) bond motifs is 3. The molecule has 3 heterocycles. The van der Waals surface area contributed by atoms with Gasteiger partial charge in [-0.2, -0.15) is 4.98 Å². The summed E-state index contributed by atoms with van der Waals surface area (Å²) in [6.07, 6.45) is 10.6. The summed E-state index contributed by atoms with van der Waals surface area (Å²) in [5.74, 6) is 0.318. The van der Waals surface area contributed by atoms with Gasteiger partial charge in [0.15, 0.2) is 22.7 Å². The Labute approximate surface area is 280 Å². The summed E-state index contributed by atoms with van der Waals surface area (Å²) < 4.78 is 5.32. The fourth-order valence-electron chi connectivity index (χ4n) is 6.07. The van der Waals surface area contributed by atoms with Gasteiger partial charge in [0, 0.05) is 42.5 Å². The normalized spacial score (nSPS) is 12.8. The van der Waals surface area contributed by atoms with Crippen molar-refractivity contribution in [2.75, 3.05) is 11.9 Å². The van der Waals surface area contributed by atoms with Gasteiger partial charge in [0.2, 0.25) is 5.89 Å². The number of aromatic nitrogens is 5. The van der Waals surface area contributed by atoms with E-state index in [1.807, 2.05) is 78.9 Å². The zero-order chi connectivity index (χ0) is 33.6. The van der Waals surface area contributed by atoms with Crippen molar-refractivity contribution in [2.45, 2.75) is 25.7 Å². The van der Waals surface area contributed by atoms with Crippen molar-refractivity contribution in [3.8, 4) is 11.5 Å². The minimum atomic E-state index is -0.531. The summed E-state index contributed by atoms with van der Waals surface area (Å²) in [7, 11) is 0. The van der Waals surface area contributed by atoms with Gasteiger partial charge in [-0.3, -0.25) is 9.59 Å². The maximum Gasteiger partial charge on any atom is 0.367 e. The first-order chi connectivity index (χ1) is 24.0. The highest BCUT2D eigenvalue weighted by molar-refractivity contribution is 6.14. The van der Waals surface area contributed by atoms with Crippen molar-refractivity contribution in [1.29, 1.82) is 0 Å². The minimum absolute atomic E-state index is 0.133. The number of carbonyl (C=O) groups is 2. The van der Waals surface area contributed by atoms with Crippen molar-refractivity contribution >= 4 is 50.3 Å². The number of nitrogens with one attached hydrogen (secondary N) is 2. The lowest BCUT2D eigenvalue weighted by Crippen LogP contribution is -2.30. The van der Waals surface area contributed by atoms with E-state index in [2.05, 4.69) is 35.6 Å². The summed E-state index contributed by atoms with van der Waals surface area (Å²) >= 11 is 0. The first-order valence-corrected chi connectivity index (χ1v) is 16.0. The zero-order valence-corrected chi connectivity index (χ0v) is 26.4. The highest BCUT2D eigenvalue weighted by Crippen LogP contribution is 2.27. The predicted octanol–water partition coefficient (Wildman–Crippen LogP) is 6.60. The van der Waals surface area contributed by atoms with E-state index in [0.717, 1.165) is 39.9 Å². The molecule has 1 aliphatic rings. The maximum atomic E-state index is 12.9. The number of nitrogens with zero attached hydrogens (tertiary/aromatic N) is 5. The van der Waals surface area contributed by atoms with Crippen LogP contribution < -0.4 is 16.3 Å². The van der Waals surface area contributed by atoms with Gasteiger partial charge in [-0.05, 0) is 52.4 Å². The van der Waals surface area contributed by atoms with Crippen LogP contribution in [0.2, 0.25) is 0 Å². The molecule has 49 heavy (non-hydrogen) atoms. The standard InChI is InChI=1S/C22H22N4O2.C16H9N3O2/c27-21(18-11-5-9-16-8-3-4-10-17(16)18)26-20-19(23-12-13-24-20)22(28)25-14-15-6-1-2-7-15;20-16-13-14(18-9-8-17-13)19-15(21-16)12-7-3-5-10-4-1-2-6-11(10)12/h3-5,8-13,15H,1-2,6-7,14H2,(H,25,28)(H,24,26,27);1-9H. The van der Waals surface area contributed by atoms with Gasteiger partial charge in [0.1, 0.15) is 0 Å². The number of hydrogen-bond donors (Lipinski definition) is 2. The van der Waals surface area contributed by atoms with Crippen LogP contribution in [0.3, 0.4) is 0 Å². The quantitative estimate of drug-likeness (QED) is 0.203. The third-order valence-corrected chi connectivity index (χ3v) is 8.49. The van der Waals surface area contributed by atoms with Crippen molar-refractivity contribution in [2.24, 2.45) is 5.92 Å². The number of benzene rings is 4. The Balaban J connectivity index is 0.000000160. The average Bonchev–Trinajstić information content (AvgIpc) is 3.68. The number of carbonyl (C=O) groups excluding carboxylic acids is 2. The Hall–Kier alpha value is -6.36. The molecule has 242 valence electrons. The second-order valence-electron chi connectivity index (χ2n) is 11.7. The van der Waals surface area contributed by atoms with Crippen molar-refractivity contribution < 1.29 is 14.0 Å². The smallest absolute Gasteiger partial charge is 0.367 e. The molecule has 0 bridgehead atoms. The van der Waals surface area contributed by atoms with Crippen LogP contribution >= 0.6 is 0 Å². The minimum Gasteiger partial charge on any atom is -0.402 e. The van der Waals surface area contributed by atoms with E-state index in [9.17, 15) is 14.4 Å². The molecular weight excluding hydrogens is 618 g/mol. The molecule has 0 radical (unpaired) electrons. The van der Waals surface area contributed by atoms with E-state index < -0.39 is 5.63 Å². The molecule has 3 aromatic heterocycles. The van der Waals surface area contributed by atoms with E-state index in [1.54, 1.807) is 6.07 Å². The first-order valence-electron chi connectivity index (χ1n) is 16.0. The van der Waals surface area contributed by atoms with E-state index >= 15 is 0 Å². The average molecular weight is 650 g/mol. The van der Waals surface area contributed by atoms with E-state index in [-0.39, 0.29) is 40.4 Å². The second-order valence-corrected chi connectivity index (χ2v) is 11.7. The molecule has 0 aliphatic heterocycles. The molecule has 1 saturated carbocycles.